The van der Waals surface area contributed by atoms with Gasteiger partial charge in [-0.05, 0) is 24.6 Å². The van der Waals surface area contributed by atoms with Crippen LogP contribution in [0.25, 0.3) is 6.08 Å². The lowest BCUT2D eigenvalue weighted by Gasteiger charge is -2.07. The van der Waals surface area contributed by atoms with E-state index in [2.05, 4.69) is 5.10 Å². The van der Waals surface area contributed by atoms with Crippen LogP contribution in [0.15, 0.2) is 54.6 Å². The van der Waals surface area contributed by atoms with Crippen molar-refractivity contribution in [2.45, 2.75) is 13.5 Å². The number of carbonyl (C=O) groups is 1. The summed E-state index contributed by atoms with van der Waals surface area (Å²) in [4.78, 5) is 22.6. The lowest BCUT2D eigenvalue weighted by molar-refractivity contribution is -0.384. The number of rotatable bonds is 7. The second kappa shape index (κ2) is 9.23. The Kier molecular flexibility index (Phi) is 6.48. The topological polar surface area (TPSA) is 96.5 Å². The quantitative estimate of drug-likeness (QED) is 0.182. The van der Waals surface area contributed by atoms with Crippen molar-refractivity contribution in [3.05, 3.63) is 86.7 Å². The second-order valence-corrected chi connectivity index (χ2v) is 6.64. The van der Waals surface area contributed by atoms with E-state index in [0.717, 1.165) is 11.6 Å². The number of non-ortho nitro benzene ring substituents is 1. The Bertz CT molecular complexity index is 1110. The van der Waals surface area contributed by atoms with Gasteiger partial charge in [0.25, 0.3) is 5.69 Å². The van der Waals surface area contributed by atoms with E-state index in [1.54, 1.807) is 11.6 Å². The molecule has 0 atom stereocenters. The highest BCUT2D eigenvalue weighted by Crippen LogP contribution is 2.31. The minimum Gasteiger partial charge on any atom is -0.493 e. The molecule has 0 aliphatic rings. The summed E-state index contributed by atoms with van der Waals surface area (Å²) in [7, 11) is 1.37. The first-order valence-corrected chi connectivity index (χ1v) is 9.26. The van der Waals surface area contributed by atoms with E-state index in [1.807, 2.05) is 30.3 Å². The van der Waals surface area contributed by atoms with Gasteiger partial charge in [-0.25, -0.2) is 9.48 Å². The number of halogens is 1. The minimum atomic E-state index is -0.736. The van der Waals surface area contributed by atoms with Crippen molar-refractivity contribution in [3.8, 4) is 11.5 Å². The van der Waals surface area contributed by atoms with E-state index < -0.39 is 10.9 Å². The lowest BCUT2D eigenvalue weighted by Crippen LogP contribution is -2.05. The SMILES string of the molecule is COc1ccc([N+](=O)[O-])cc1OC(=O)/C=C/c1c(C)nn(Cc2ccccc2)c1Cl. The molecule has 0 radical (unpaired) electrons. The average Bonchev–Trinajstić information content (AvgIpc) is 2.99. The number of benzene rings is 2. The number of methoxy groups -OCH3 is 1. The van der Waals surface area contributed by atoms with Crippen LogP contribution in [-0.4, -0.2) is 27.8 Å². The smallest absolute Gasteiger partial charge is 0.336 e. The van der Waals surface area contributed by atoms with E-state index in [4.69, 9.17) is 21.1 Å². The molecule has 0 aliphatic heterocycles. The van der Waals surface area contributed by atoms with Gasteiger partial charge >= 0.3 is 5.97 Å². The van der Waals surface area contributed by atoms with E-state index in [-0.39, 0.29) is 17.2 Å². The number of aromatic nitrogens is 2. The predicted molar refractivity (Wildman–Crippen MR) is 112 cm³/mol. The molecule has 0 fully saturated rings. The fourth-order valence-electron chi connectivity index (χ4n) is 2.77. The first kappa shape index (κ1) is 21.1. The van der Waals surface area contributed by atoms with Crippen LogP contribution in [0.4, 0.5) is 5.69 Å². The molecule has 0 saturated carbocycles. The van der Waals surface area contributed by atoms with Crippen molar-refractivity contribution in [2.75, 3.05) is 7.11 Å². The zero-order chi connectivity index (χ0) is 21.7. The summed E-state index contributed by atoms with van der Waals surface area (Å²) < 4.78 is 11.9. The first-order chi connectivity index (χ1) is 14.4. The molecule has 0 bridgehead atoms. The number of nitro groups is 1. The van der Waals surface area contributed by atoms with Crippen molar-refractivity contribution in [1.82, 2.24) is 9.78 Å². The molecular weight excluding hydrogens is 410 g/mol. The molecule has 0 saturated heterocycles. The third-order valence-corrected chi connectivity index (χ3v) is 4.64. The number of hydrogen-bond acceptors (Lipinski definition) is 6. The van der Waals surface area contributed by atoms with Crippen molar-refractivity contribution in [1.29, 1.82) is 0 Å². The Morgan fingerprint density at radius 1 is 1.23 bits per heavy atom. The fraction of sp³-hybridized carbons (Fsp3) is 0.143. The number of esters is 1. The number of nitrogens with zero attached hydrogens (tertiary/aromatic N) is 3. The highest BCUT2D eigenvalue weighted by molar-refractivity contribution is 6.31. The molecule has 1 aromatic heterocycles. The average molecular weight is 428 g/mol. The van der Waals surface area contributed by atoms with Crippen LogP contribution in [0, 0.1) is 17.0 Å². The summed E-state index contributed by atoms with van der Waals surface area (Å²) in [6.45, 7) is 2.27. The first-order valence-electron chi connectivity index (χ1n) is 8.88. The van der Waals surface area contributed by atoms with E-state index in [9.17, 15) is 14.9 Å². The molecule has 0 spiro atoms. The molecule has 0 amide bonds. The maximum absolute atomic E-state index is 12.3. The molecule has 0 N–H and O–H groups in total. The monoisotopic (exact) mass is 427 g/mol. The van der Waals surface area contributed by atoms with Gasteiger partial charge in [-0.3, -0.25) is 10.1 Å². The number of nitro benzene ring substituents is 1. The molecule has 30 heavy (non-hydrogen) atoms. The standard InChI is InChI=1S/C21H18ClN3O5/c1-14-17(21(22)24(23-14)13-15-6-4-3-5-7-15)9-11-20(26)30-19-12-16(25(27)28)8-10-18(19)29-2/h3-12H,13H2,1-2H3/b11-9+. The molecule has 8 nitrogen and oxygen atoms in total. The summed E-state index contributed by atoms with van der Waals surface area (Å²) in [5.41, 5.74) is 2.04. The highest BCUT2D eigenvalue weighted by atomic mass is 35.5. The van der Waals surface area contributed by atoms with Gasteiger partial charge in [-0.15, -0.1) is 0 Å². The fourth-order valence-corrected chi connectivity index (χ4v) is 3.07. The number of ether oxygens (including phenoxy) is 2. The Hall–Kier alpha value is -3.65. The van der Waals surface area contributed by atoms with Crippen molar-refractivity contribution in [2.24, 2.45) is 0 Å². The van der Waals surface area contributed by atoms with Crippen LogP contribution in [0.3, 0.4) is 0 Å². The Morgan fingerprint density at radius 2 is 1.97 bits per heavy atom. The molecule has 3 aromatic rings. The highest BCUT2D eigenvalue weighted by Gasteiger charge is 2.16. The Labute approximate surface area is 177 Å². The lowest BCUT2D eigenvalue weighted by atomic mass is 10.2. The summed E-state index contributed by atoms with van der Waals surface area (Å²) in [5.74, 6) is -0.587. The van der Waals surface area contributed by atoms with Crippen LogP contribution in [-0.2, 0) is 11.3 Å². The van der Waals surface area contributed by atoms with Gasteiger partial charge in [0.05, 0.1) is 30.3 Å². The molecule has 2 aromatic carbocycles. The number of carbonyl (C=O) groups excluding carboxylic acids is 1. The third kappa shape index (κ3) is 4.84. The Morgan fingerprint density at radius 3 is 2.63 bits per heavy atom. The zero-order valence-electron chi connectivity index (χ0n) is 16.2. The second-order valence-electron chi connectivity index (χ2n) is 6.28. The van der Waals surface area contributed by atoms with Crippen molar-refractivity contribution in [3.63, 3.8) is 0 Å². The van der Waals surface area contributed by atoms with E-state index in [0.29, 0.717) is 23.0 Å². The Balaban J connectivity index is 1.77. The molecule has 1 heterocycles. The maximum Gasteiger partial charge on any atom is 0.336 e. The minimum absolute atomic E-state index is 0.0519. The predicted octanol–water partition coefficient (Wildman–Crippen LogP) is 4.43. The maximum atomic E-state index is 12.3. The van der Waals surface area contributed by atoms with Gasteiger partial charge in [0.2, 0.25) is 0 Å². The third-order valence-electron chi connectivity index (χ3n) is 4.24. The van der Waals surface area contributed by atoms with Gasteiger partial charge in [-0.1, -0.05) is 41.9 Å². The van der Waals surface area contributed by atoms with Crippen LogP contribution in [0.2, 0.25) is 5.15 Å². The molecule has 0 aliphatic carbocycles. The van der Waals surface area contributed by atoms with E-state index >= 15 is 0 Å². The molecule has 9 heteroatoms. The number of aryl methyl sites for hydroxylation is 1. The summed E-state index contributed by atoms with van der Waals surface area (Å²) in [6, 6.07) is 13.5. The van der Waals surface area contributed by atoms with Crippen LogP contribution in [0.5, 0.6) is 11.5 Å². The van der Waals surface area contributed by atoms with Gasteiger partial charge in [0, 0.05) is 17.7 Å². The number of hydrogen-bond donors (Lipinski definition) is 0. The van der Waals surface area contributed by atoms with Crippen molar-refractivity contribution >= 4 is 29.3 Å². The largest absolute Gasteiger partial charge is 0.493 e. The zero-order valence-corrected chi connectivity index (χ0v) is 17.0. The summed E-state index contributed by atoms with van der Waals surface area (Å²) in [5, 5.41) is 15.7. The molecule has 154 valence electrons. The van der Waals surface area contributed by atoms with Crippen LogP contribution >= 0.6 is 11.6 Å². The normalized spacial score (nSPS) is 10.9. The van der Waals surface area contributed by atoms with Gasteiger partial charge in [0.1, 0.15) is 5.15 Å². The van der Waals surface area contributed by atoms with E-state index in [1.165, 1.54) is 31.4 Å². The van der Waals surface area contributed by atoms with Crippen molar-refractivity contribution < 1.29 is 19.2 Å². The van der Waals surface area contributed by atoms with Gasteiger partial charge in [0.15, 0.2) is 11.5 Å². The summed E-state index contributed by atoms with van der Waals surface area (Å²) in [6.07, 6.45) is 2.68. The summed E-state index contributed by atoms with van der Waals surface area (Å²) >= 11 is 6.43. The molecule has 3 rings (SSSR count). The van der Waals surface area contributed by atoms with Gasteiger partial charge < -0.3 is 9.47 Å². The van der Waals surface area contributed by atoms with Crippen LogP contribution in [0.1, 0.15) is 16.8 Å². The van der Waals surface area contributed by atoms with Gasteiger partial charge in [-0.2, -0.15) is 5.10 Å². The molecule has 0 unspecified atom stereocenters. The van der Waals surface area contributed by atoms with Crippen LogP contribution < -0.4 is 9.47 Å². The molecular formula is C21H18ClN3O5.